The number of aliphatic hydroxyl groups is 1. The summed E-state index contributed by atoms with van der Waals surface area (Å²) in [5.41, 5.74) is -1.28. The third kappa shape index (κ3) is 3.59. The first-order valence-corrected chi connectivity index (χ1v) is 6.71. The topological polar surface area (TPSA) is 70.6 Å². The molecule has 2 saturated heterocycles. The molecule has 0 aromatic rings. The van der Waals surface area contributed by atoms with E-state index in [1.165, 1.54) is 0 Å². The monoisotopic (exact) mass is 256 g/mol. The van der Waals surface area contributed by atoms with Crippen LogP contribution in [0, 0.1) is 0 Å². The zero-order valence-corrected chi connectivity index (χ0v) is 11.5. The molecular weight excluding hydrogens is 232 g/mol. The number of rotatable bonds is 2. The van der Waals surface area contributed by atoms with E-state index < -0.39 is 17.3 Å². The molecule has 1 amide bonds. The van der Waals surface area contributed by atoms with Crippen molar-refractivity contribution in [1.82, 2.24) is 10.6 Å². The van der Waals surface area contributed by atoms with E-state index in [-0.39, 0.29) is 6.54 Å². The van der Waals surface area contributed by atoms with Crippen molar-refractivity contribution in [3.63, 3.8) is 0 Å². The number of ether oxygens (including phenoxy) is 1. The minimum absolute atomic E-state index is 0.274. The van der Waals surface area contributed by atoms with Gasteiger partial charge in [-0.25, -0.2) is 4.79 Å². The highest BCUT2D eigenvalue weighted by Crippen LogP contribution is 2.33. The van der Waals surface area contributed by atoms with Gasteiger partial charge < -0.3 is 20.5 Å². The van der Waals surface area contributed by atoms with Crippen molar-refractivity contribution >= 4 is 6.09 Å². The Kier molecular flexibility index (Phi) is 3.56. The minimum atomic E-state index is -0.784. The van der Waals surface area contributed by atoms with Crippen molar-refractivity contribution in [2.24, 2.45) is 0 Å². The van der Waals surface area contributed by atoms with Crippen molar-refractivity contribution in [3.8, 4) is 0 Å². The van der Waals surface area contributed by atoms with Gasteiger partial charge in [0.1, 0.15) is 5.60 Å². The van der Waals surface area contributed by atoms with E-state index in [0.717, 1.165) is 12.8 Å². The van der Waals surface area contributed by atoms with E-state index in [0.29, 0.717) is 24.9 Å². The Hall–Kier alpha value is -0.810. The van der Waals surface area contributed by atoms with Crippen LogP contribution in [0.2, 0.25) is 0 Å². The van der Waals surface area contributed by atoms with E-state index in [9.17, 15) is 9.90 Å². The Morgan fingerprint density at radius 1 is 1.39 bits per heavy atom. The maximum Gasteiger partial charge on any atom is 0.407 e. The lowest BCUT2D eigenvalue weighted by molar-refractivity contribution is -0.0103. The van der Waals surface area contributed by atoms with Gasteiger partial charge in [0.25, 0.3) is 0 Å². The predicted molar refractivity (Wildman–Crippen MR) is 68.4 cm³/mol. The third-order valence-electron chi connectivity index (χ3n) is 3.55. The number of hydrogen-bond acceptors (Lipinski definition) is 4. The van der Waals surface area contributed by atoms with Gasteiger partial charge in [-0.2, -0.15) is 0 Å². The largest absolute Gasteiger partial charge is 0.444 e. The SMILES string of the molecule is CC(C)(C)OC(=O)NCC1(O)CC2CCC(C1)N2. The van der Waals surface area contributed by atoms with Crippen LogP contribution in [0.5, 0.6) is 0 Å². The van der Waals surface area contributed by atoms with Crippen molar-refractivity contribution in [1.29, 1.82) is 0 Å². The maximum atomic E-state index is 11.6. The van der Waals surface area contributed by atoms with E-state index in [1.54, 1.807) is 0 Å². The summed E-state index contributed by atoms with van der Waals surface area (Å²) >= 11 is 0. The molecule has 0 spiro atoms. The van der Waals surface area contributed by atoms with Crippen LogP contribution in [0.1, 0.15) is 46.5 Å². The molecule has 3 N–H and O–H groups in total. The van der Waals surface area contributed by atoms with Crippen LogP contribution in [0.4, 0.5) is 4.79 Å². The molecule has 2 unspecified atom stereocenters. The highest BCUT2D eigenvalue weighted by Gasteiger charge is 2.42. The Bertz CT molecular complexity index is 313. The number of nitrogens with one attached hydrogen (secondary N) is 2. The van der Waals surface area contributed by atoms with Crippen LogP contribution in [0.3, 0.4) is 0 Å². The van der Waals surface area contributed by atoms with Gasteiger partial charge in [-0.1, -0.05) is 0 Å². The summed E-state index contributed by atoms with van der Waals surface area (Å²) in [4.78, 5) is 11.6. The van der Waals surface area contributed by atoms with Crippen molar-refractivity contribution in [2.45, 2.75) is 69.7 Å². The Balaban J connectivity index is 1.81. The highest BCUT2D eigenvalue weighted by atomic mass is 16.6. The van der Waals surface area contributed by atoms with Gasteiger partial charge in [-0.15, -0.1) is 0 Å². The van der Waals surface area contributed by atoms with Gasteiger partial charge in [0.05, 0.1) is 5.60 Å². The number of carbonyl (C=O) groups excluding carboxylic acids is 1. The summed E-state index contributed by atoms with van der Waals surface area (Å²) in [6.07, 6.45) is 3.21. The summed E-state index contributed by atoms with van der Waals surface area (Å²) in [5.74, 6) is 0. The second-order valence-electron chi connectivity index (χ2n) is 6.63. The number of piperidine rings is 1. The standard InChI is InChI=1S/C13H24N2O3/c1-12(2,3)18-11(16)14-8-13(17)6-9-4-5-10(7-13)15-9/h9-10,15,17H,4-8H2,1-3H3,(H,14,16). The van der Waals surface area contributed by atoms with E-state index in [2.05, 4.69) is 10.6 Å². The molecule has 2 bridgehead atoms. The van der Waals surface area contributed by atoms with Crippen molar-refractivity contribution in [2.75, 3.05) is 6.54 Å². The molecule has 18 heavy (non-hydrogen) atoms. The summed E-state index contributed by atoms with van der Waals surface area (Å²) in [6, 6.07) is 0.795. The Labute approximate surface area is 108 Å². The number of fused-ring (bicyclic) bond motifs is 2. The average Bonchev–Trinajstić information content (AvgIpc) is 2.54. The Morgan fingerprint density at radius 2 is 1.94 bits per heavy atom. The number of alkyl carbamates (subject to hydrolysis) is 1. The molecule has 0 aliphatic carbocycles. The smallest absolute Gasteiger partial charge is 0.407 e. The molecule has 2 aliphatic heterocycles. The van der Waals surface area contributed by atoms with Gasteiger partial charge in [-0.3, -0.25) is 0 Å². The first-order chi connectivity index (χ1) is 8.26. The van der Waals surface area contributed by atoms with Crippen LogP contribution < -0.4 is 10.6 Å². The highest BCUT2D eigenvalue weighted by molar-refractivity contribution is 5.67. The van der Waals surface area contributed by atoms with Gasteiger partial charge >= 0.3 is 6.09 Å². The average molecular weight is 256 g/mol. The van der Waals surface area contributed by atoms with Gasteiger partial charge in [0, 0.05) is 18.6 Å². The molecule has 104 valence electrons. The van der Waals surface area contributed by atoms with Crippen molar-refractivity contribution in [3.05, 3.63) is 0 Å². The molecule has 2 rings (SSSR count). The molecule has 5 nitrogen and oxygen atoms in total. The molecule has 2 fully saturated rings. The molecule has 0 aromatic carbocycles. The number of hydrogen-bond donors (Lipinski definition) is 3. The normalized spacial score (nSPS) is 35.3. The van der Waals surface area contributed by atoms with Crippen LogP contribution in [-0.4, -0.2) is 41.0 Å². The molecule has 2 aliphatic rings. The summed E-state index contributed by atoms with van der Waals surface area (Å²) < 4.78 is 5.17. The van der Waals surface area contributed by atoms with Gasteiger partial charge in [0.15, 0.2) is 0 Å². The summed E-state index contributed by atoms with van der Waals surface area (Å²) in [7, 11) is 0. The van der Waals surface area contributed by atoms with E-state index >= 15 is 0 Å². The minimum Gasteiger partial charge on any atom is -0.444 e. The third-order valence-corrected chi connectivity index (χ3v) is 3.55. The quantitative estimate of drug-likeness (QED) is 0.693. The van der Waals surface area contributed by atoms with Gasteiger partial charge in [-0.05, 0) is 46.5 Å². The second-order valence-corrected chi connectivity index (χ2v) is 6.63. The molecule has 0 saturated carbocycles. The molecule has 2 heterocycles. The molecule has 2 atom stereocenters. The lowest BCUT2D eigenvalue weighted by Gasteiger charge is -2.37. The van der Waals surface area contributed by atoms with Crippen LogP contribution in [0.15, 0.2) is 0 Å². The Morgan fingerprint density at radius 3 is 2.44 bits per heavy atom. The number of amides is 1. The zero-order valence-electron chi connectivity index (χ0n) is 11.5. The van der Waals surface area contributed by atoms with Crippen molar-refractivity contribution < 1.29 is 14.6 Å². The lowest BCUT2D eigenvalue weighted by Crippen LogP contribution is -2.54. The summed E-state index contributed by atoms with van der Waals surface area (Å²) in [6.45, 7) is 5.75. The second kappa shape index (κ2) is 4.70. The fraction of sp³-hybridized carbons (Fsp3) is 0.923. The molecule has 5 heteroatoms. The first kappa shape index (κ1) is 13.6. The first-order valence-electron chi connectivity index (χ1n) is 6.71. The van der Waals surface area contributed by atoms with Gasteiger partial charge in [0.2, 0.25) is 0 Å². The lowest BCUT2D eigenvalue weighted by atomic mass is 9.87. The van der Waals surface area contributed by atoms with E-state index in [1.807, 2.05) is 20.8 Å². The summed E-state index contributed by atoms with van der Waals surface area (Å²) in [5, 5.41) is 16.6. The zero-order chi connectivity index (χ0) is 13.4. The van der Waals surface area contributed by atoms with E-state index in [4.69, 9.17) is 4.74 Å². The number of carbonyl (C=O) groups is 1. The molecule has 0 aromatic heterocycles. The predicted octanol–water partition coefficient (Wildman–Crippen LogP) is 1.16. The molecule has 0 radical (unpaired) electrons. The fourth-order valence-corrected chi connectivity index (χ4v) is 2.92. The van der Waals surface area contributed by atoms with Crippen LogP contribution in [-0.2, 0) is 4.74 Å². The van der Waals surface area contributed by atoms with Crippen LogP contribution in [0.25, 0.3) is 0 Å². The van der Waals surface area contributed by atoms with Crippen LogP contribution >= 0.6 is 0 Å². The molecular formula is C13H24N2O3. The fourth-order valence-electron chi connectivity index (χ4n) is 2.92. The maximum absolute atomic E-state index is 11.6.